The summed E-state index contributed by atoms with van der Waals surface area (Å²) in [5, 5.41) is 1.67. The minimum Gasteiger partial charge on any atom is -0.378 e. The SMILES string of the molecule is CN(C)c1ccc(C=CC(=O)CC(=O)C=Cc2ccc3cc[nH]c3c2)c(Cl)c1. The number of H-pyrrole nitrogens is 1. The average molecular weight is 393 g/mol. The van der Waals surface area contributed by atoms with Crippen LogP contribution >= 0.6 is 11.6 Å². The van der Waals surface area contributed by atoms with E-state index in [1.165, 1.54) is 12.2 Å². The molecule has 0 aliphatic rings. The molecular weight excluding hydrogens is 372 g/mol. The number of carbonyl (C=O) groups is 2. The fraction of sp³-hybridized carbons (Fsp3) is 0.130. The lowest BCUT2D eigenvalue weighted by atomic mass is 10.1. The van der Waals surface area contributed by atoms with Crippen LogP contribution in [0.15, 0.2) is 60.8 Å². The lowest BCUT2D eigenvalue weighted by Crippen LogP contribution is -2.08. The summed E-state index contributed by atoms with van der Waals surface area (Å²) in [6, 6.07) is 13.5. The number of carbonyl (C=O) groups excluding carboxylic acids is 2. The third-order valence-corrected chi connectivity index (χ3v) is 4.67. The minimum absolute atomic E-state index is 0.175. The van der Waals surface area contributed by atoms with Gasteiger partial charge in [0.1, 0.15) is 0 Å². The molecule has 28 heavy (non-hydrogen) atoms. The summed E-state index contributed by atoms with van der Waals surface area (Å²) < 4.78 is 0. The summed E-state index contributed by atoms with van der Waals surface area (Å²) >= 11 is 6.24. The maximum absolute atomic E-state index is 12.1. The molecule has 142 valence electrons. The third kappa shape index (κ3) is 4.99. The van der Waals surface area contributed by atoms with E-state index >= 15 is 0 Å². The van der Waals surface area contributed by atoms with Crippen LogP contribution < -0.4 is 4.90 Å². The zero-order valence-corrected chi connectivity index (χ0v) is 16.5. The first kappa shape index (κ1) is 19.6. The Kier molecular flexibility index (Phi) is 6.12. The number of aromatic amines is 1. The van der Waals surface area contributed by atoms with Crippen molar-refractivity contribution in [3.63, 3.8) is 0 Å². The maximum Gasteiger partial charge on any atom is 0.163 e. The molecule has 4 nitrogen and oxygen atoms in total. The van der Waals surface area contributed by atoms with Gasteiger partial charge in [-0.25, -0.2) is 0 Å². The van der Waals surface area contributed by atoms with Crippen LogP contribution in [0.2, 0.25) is 5.02 Å². The molecule has 0 aliphatic carbocycles. The highest BCUT2D eigenvalue weighted by Gasteiger charge is 2.05. The van der Waals surface area contributed by atoms with E-state index in [1.54, 1.807) is 12.2 Å². The van der Waals surface area contributed by atoms with Gasteiger partial charge < -0.3 is 9.88 Å². The number of nitrogens with zero attached hydrogens (tertiary/aromatic N) is 1. The smallest absolute Gasteiger partial charge is 0.163 e. The second kappa shape index (κ2) is 8.72. The van der Waals surface area contributed by atoms with E-state index in [0.29, 0.717) is 5.02 Å². The highest BCUT2D eigenvalue weighted by molar-refractivity contribution is 6.32. The first-order valence-electron chi connectivity index (χ1n) is 8.88. The van der Waals surface area contributed by atoms with Gasteiger partial charge in [-0.2, -0.15) is 0 Å². The Balaban J connectivity index is 1.59. The number of rotatable bonds is 7. The molecule has 0 bridgehead atoms. The van der Waals surface area contributed by atoms with Gasteiger partial charge in [0, 0.05) is 36.5 Å². The first-order valence-corrected chi connectivity index (χ1v) is 9.26. The number of fused-ring (bicyclic) bond motifs is 1. The average Bonchev–Trinajstić information content (AvgIpc) is 3.13. The van der Waals surface area contributed by atoms with Crippen molar-refractivity contribution in [1.82, 2.24) is 4.98 Å². The molecule has 0 unspecified atom stereocenters. The second-order valence-electron chi connectivity index (χ2n) is 6.70. The highest BCUT2D eigenvalue weighted by Crippen LogP contribution is 2.23. The Morgan fingerprint density at radius 2 is 1.75 bits per heavy atom. The van der Waals surface area contributed by atoms with Gasteiger partial charge in [0.25, 0.3) is 0 Å². The zero-order valence-electron chi connectivity index (χ0n) is 15.8. The van der Waals surface area contributed by atoms with Gasteiger partial charge in [-0.05, 0) is 59.0 Å². The van der Waals surface area contributed by atoms with Crippen molar-refractivity contribution < 1.29 is 9.59 Å². The zero-order chi connectivity index (χ0) is 20.1. The van der Waals surface area contributed by atoms with Gasteiger partial charge in [-0.15, -0.1) is 0 Å². The molecular formula is C23H21ClN2O2. The van der Waals surface area contributed by atoms with Crippen LogP contribution in [-0.4, -0.2) is 30.6 Å². The van der Waals surface area contributed by atoms with Gasteiger partial charge >= 0.3 is 0 Å². The van der Waals surface area contributed by atoms with Crippen LogP contribution in [0.5, 0.6) is 0 Å². The number of allylic oxidation sites excluding steroid dienone is 2. The molecule has 1 N–H and O–H groups in total. The van der Waals surface area contributed by atoms with E-state index in [1.807, 2.05) is 67.7 Å². The lowest BCUT2D eigenvalue weighted by molar-refractivity contribution is -0.121. The Labute approximate surface area is 169 Å². The molecule has 5 heteroatoms. The number of ketones is 2. The fourth-order valence-electron chi connectivity index (χ4n) is 2.76. The highest BCUT2D eigenvalue weighted by atomic mass is 35.5. The van der Waals surface area contributed by atoms with Crippen molar-refractivity contribution in [1.29, 1.82) is 0 Å². The van der Waals surface area contributed by atoms with Crippen molar-refractivity contribution in [2.75, 3.05) is 19.0 Å². The minimum atomic E-state index is -0.262. The van der Waals surface area contributed by atoms with E-state index in [4.69, 9.17) is 11.6 Å². The third-order valence-electron chi connectivity index (χ3n) is 4.34. The molecule has 0 radical (unpaired) electrons. The van der Waals surface area contributed by atoms with Crippen LogP contribution in [-0.2, 0) is 9.59 Å². The molecule has 1 heterocycles. The molecule has 3 rings (SSSR count). The maximum atomic E-state index is 12.1. The Morgan fingerprint density at radius 1 is 1.00 bits per heavy atom. The molecule has 0 atom stereocenters. The summed E-state index contributed by atoms with van der Waals surface area (Å²) in [5.41, 5.74) is 3.62. The van der Waals surface area contributed by atoms with Crippen LogP contribution in [0.4, 0.5) is 5.69 Å². The van der Waals surface area contributed by atoms with Crippen LogP contribution in [0.1, 0.15) is 17.5 Å². The Hall–Kier alpha value is -3.11. The summed E-state index contributed by atoms with van der Waals surface area (Å²) in [4.78, 5) is 29.2. The van der Waals surface area contributed by atoms with Crippen molar-refractivity contribution in [2.45, 2.75) is 6.42 Å². The summed E-state index contributed by atoms with van der Waals surface area (Å²) in [5.74, 6) is -0.502. The normalized spacial score (nSPS) is 11.5. The molecule has 0 saturated carbocycles. The number of benzene rings is 2. The van der Waals surface area contributed by atoms with Crippen molar-refractivity contribution in [3.8, 4) is 0 Å². The van der Waals surface area contributed by atoms with E-state index in [-0.39, 0.29) is 18.0 Å². The monoisotopic (exact) mass is 392 g/mol. The Bertz CT molecular complexity index is 1080. The molecule has 3 aromatic rings. The van der Waals surface area contributed by atoms with Gasteiger partial charge in [-0.3, -0.25) is 9.59 Å². The van der Waals surface area contributed by atoms with Crippen LogP contribution in [0.25, 0.3) is 23.1 Å². The van der Waals surface area contributed by atoms with Crippen LogP contribution in [0.3, 0.4) is 0 Å². The van der Waals surface area contributed by atoms with Gasteiger partial charge in [0.15, 0.2) is 11.6 Å². The van der Waals surface area contributed by atoms with Crippen molar-refractivity contribution in [3.05, 3.63) is 77.0 Å². The quantitative estimate of drug-likeness (QED) is 0.447. The standard InChI is InChI=1S/C23H21ClN2O2/c1-26(2)19-8-6-17(22(24)14-19)7-10-21(28)15-20(27)9-4-16-3-5-18-11-12-25-23(18)13-16/h3-14,25H,15H2,1-2H3. The first-order chi connectivity index (χ1) is 13.4. The number of hydrogen-bond donors (Lipinski definition) is 1. The number of nitrogens with one attached hydrogen (secondary N) is 1. The van der Waals surface area contributed by atoms with E-state index < -0.39 is 0 Å². The summed E-state index contributed by atoms with van der Waals surface area (Å²) in [7, 11) is 3.86. The van der Waals surface area contributed by atoms with Crippen molar-refractivity contribution >= 4 is 51.9 Å². The molecule has 2 aromatic carbocycles. The van der Waals surface area contributed by atoms with E-state index in [2.05, 4.69) is 4.98 Å². The van der Waals surface area contributed by atoms with Crippen molar-refractivity contribution in [2.24, 2.45) is 0 Å². The predicted molar refractivity (Wildman–Crippen MR) is 117 cm³/mol. The number of anilines is 1. The fourth-order valence-corrected chi connectivity index (χ4v) is 3.00. The summed E-state index contributed by atoms with van der Waals surface area (Å²) in [6.45, 7) is 0. The van der Waals surface area contributed by atoms with E-state index in [9.17, 15) is 9.59 Å². The van der Waals surface area contributed by atoms with Gasteiger partial charge in [0.2, 0.25) is 0 Å². The molecule has 0 saturated heterocycles. The lowest BCUT2D eigenvalue weighted by Gasteiger charge is -2.13. The molecule has 0 fully saturated rings. The van der Waals surface area contributed by atoms with Crippen LogP contribution in [0, 0.1) is 0 Å². The largest absolute Gasteiger partial charge is 0.378 e. The number of aromatic nitrogens is 1. The predicted octanol–water partition coefficient (Wildman–Crippen LogP) is 5.14. The topological polar surface area (TPSA) is 53.2 Å². The molecule has 1 aromatic heterocycles. The Morgan fingerprint density at radius 3 is 2.46 bits per heavy atom. The molecule has 0 amide bonds. The number of halogens is 1. The van der Waals surface area contributed by atoms with Gasteiger partial charge in [0.05, 0.1) is 6.42 Å². The number of hydrogen-bond acceptors (Lipinski definition) is 3. The van der Waals surface area contributed by atoms with Gasteiger partial charge in [-0.1, -0.05) is 35.9 Å². The molecule has 0 aliphatic heterocycles. The molecule has 0 spiro atoms. The van der Waals surface area contributed by atoms with E-state index in [0.717, 1.165) is 27.7 Å². The second-order valence-corrected chi connectivity index (χ2v) is 7.11. The summed E-state index contributed by atoms with van der Waals surface area (Å²) in [6.07, 6.45) is 7.89.